The second kappa shape index (κ2) is 10.3. The number of rotatable bonds is 10. The summed E-state index contributed by atoms with van der Waals surface area (Å²) in [5.41, 5.74) is 1.11. The Kier molecular flexibility index (Phi) is 8.39. The first-order chi connectivity index (χ1) is 13.3. The van der Waals surface area contributed by atoms with Crippen LogP contribution in [0.4, 0.5) is 0 Å². The van der Waals surface area contributed by atoms with E-state index in [4.69, 9.17) is 32.7 Å². The summed E-state index contributed by atoms with van der Waals surface area (Å²) in [6.45, 7) is 1.61. The van der Waals surface area contributed by atoms with E-state index >= 15 is 0 Å². The van der Waals surface area contributed by atoms with Gasteiger partial charge in [-0.1, -0.05) is 29.3 Å². The van der Waals surface area contributed by atoms with E-state index in [0.717, 1.165) is 18.5 Å². The van der Waals surface area contributed by atoms with Gasteiger partial charge in [-0.3, -0.25) is 0 Å². The van der Waals surface area contributed by atoms with E-state index in [1.54, 1.807) is 14.2 Å². The van der Waals surface area contributed by atoms with Gasteiger partial charge in [0, 0.05) is 19.6 Å². The van der Waals surface area contributed by atoms with Crippen LogP contribution in [0.1, 0.15) is 5.56 Å². The summed E-state index contributed by atoms with van der Waals surface area (Å²) in [5, 5.41) is 0.520. The number of methoxy groups -OCH3 is 2. The normalized spacial score (nSPS) is 11.6. The zero-order valence-corrected chi connectivity index (χ0v) is 18.4. The Morgan fingerprint density at radius 3 is 2.32 bits per heavy atom. The van der Waals surface area contributed by atoms with Crippen molar-refractivity contribution >= 4 is 33.2 Å². The van der Waals surface area contributed by atoms with Crippen LogP contribution in [0.2, 0.25) is 10.0 Å². The summed E-state index contributed by atoms with van der Waals surface area (Å²) < 4.78 is 37.8. The molecule has 1 N–H and O–H groups in total. The minimum absolute atomic E-state index is 0.0925. The summed E-state index contributed by atoms with van der Waals surface area (Å²) in [7, 11) is 1.52. The lowest BCUT2D eigenvalue weighted by Crippen LogP contribution is -2.33. The van der Waals surface area contributed by atoms with Crippen LogP contribution in [0.15, 0.2) is 41.3 Å². The molecule has 0 spiro atoms. The summed E-state index contributed by atoms with van der Waals surface area (Å²) in [5.74, 6) is 1.38. The lowest BCUT2D eigenvalue weighted by Gasteiger charge is -2.17. The van der Waals surface area contributed by atoms with Gasteiger partial charge in [-0.25, -0.2) is 13.1 Å². The van der Waals surface area contributed by atoms with Gasteiger partial charge >= 0.3 is 0 Å². The largest absolute Gasteiger partial charge is 0.493 e. The van der Waals surface area contributed by atoms with E-state index in [2.05, 4.69) is 4.72 Å². The number of nitrogens with one attached hydrogen (secondary N) is 1. The van der Waals surface area contributed by atoms with Crippen LogP contribution in [0, 0.1) is 0 Å². The molecule has 0 fully saturated rings. The average molecular weight is 447 g/mol. The van der Waals surface area contributed by atoms with E-state index in [-0.39, 0.29) is 16.5 Å². The quantitative estimate of drug-likeness (QED) is 0.604. The smallest absolute Gasteiger partial charge is 0.240 e. The van der Waals surface area contributed by atoms with Crippen molar-refractivity contribution in [1.82, 2.24) is 9.62 Å². The number of sulfonamides is 1. The Morgan fingerprint density at radius 1 is 0.964 bits per heavy atom. The summed E-state index contributed by atoms with van der Waals surface area (Å²) >= 11 is 11.7. The fourth-order valence-corrected chi connectivity index (χ4v) is 3.98. The molecule has 28 heavy (non-hydrogen) atoms. The topological polar surface area (TPSA) is 67.9 Å². The van der Waals surface area contributed by atoms with Gasteiger partial charge in [-0.15, -0.1) is 0 Å². The standard InChI is InChI=1S/C19H24Cl2N2O4S/c1-23(10-8-14-4-7-18(26-2)19(12-14)27-3)11-9-22-28(24,25)15-5-6-16(20)17(21)13-15/h4-7,12-13,22H,8-11H2,1-3H3. The molecule has 0 saturated carbocycles. The molecular weight excluding hydrogens is 423 g/mol. The van der Waals surface area contributed by atoms with Crippen LogP contribution in [0.5, 0.6) is 11.5 Å². The average Bonchev–Trinajstić information content (AvgIpc) is 2.67. The number of nitrogens with zero attached hydrogens (tertiary/aromatic N) is 1. The molecule has 0 aromatic heterocycles. The third-order valence-electron chi connectivity index (χ3n) is 4.22. The molecule has 6 nitrogen and oxygen atoms in total. The first-order valence-electron chi connectivity index (χ1n) is 8.61. The maximum absolute atomic E-state index is 12.3. The Bertz CT molecular complexity index is 907. The highest BCUT2D eigenvalue weighted by atomic mass is 35.5. The van der Waals surface area contributed by atoms with Crippen LogP contribution in [0.3, 0.4) is 0 Å². The summed E-state index contributed by atoms with van der Waals surface area (Å²) in [4.78, 5) is 2.14. The SMILES string of the molecule is COc1ccc(CCN(C)CCNS(=O)(=O)c2ccc(Cl)c(Cl)c2)cc1OC. The van der Waals surface area contributed by atoms with Gasteiger partial charge in [0.25, 0.3) is 0 Å². The van der Waals surface area contributed by atoms with Crippen molar-refractivity contribution in [1.29, 1.82) is 0 Å². The first kappa shape index (κ1) is 22.8. The van der Waals surface area contributed by atoms with Crippen molar-refractivity contribution in [3.05, 3.63) is 52.0 Å². The van der Waals surface area contributed by atoms with Gasteiger partial charge in [0.1, 0.15) is 0 Å². The third-order valence-corrected chi connectivity index (χ3v) is 6.41. The molecule has 0 heterocycles. The van der Waals surface area contributed by atoms with E-state index in [1.807, 2.05) is 30.1 Å². The molecule has 0 aliphatic rings. The Balaban J connectivity index is 1.84. The molecule has 2 aromatic carbocycles. The van der Waals surface area contributed by atoms with Crippen LogP contribution < -0.4 is 14.2 Å². The lowest BCUT2D eigenvalue weighted by molar-refractivity contribution is 0.341. The predicted octanol–water partition coefficient (Wildman–Crippen LogP) is 3.46. The summed E-state index contributed by atoms with van der Waals surface area (Å²) in [6.07, 6.45) is 0.802. The molecular formula is C19H24Cl2N2O4S. The number of halogens is 2. The number of likely N-dealkylation sites (N-methyl/N-ethyl adjacent to an activating group) is 1. The van der Waals surface area contributed by atoms with Gasteiger partial charge in [0.2, 0.25) is 10.0 Å². The molecule has 0 unspecified atom stereocenters. The fourth-order valence-electron chi connectivity index (χ4n) is 2.57. The molecule has 0 amide bonds. The van der Waals surface area contributed by atoms with Crippen molar-refractivity contribution in [3.63, 3.8) is 0 Å². The van der Waals surface area contributed by atoms with Gasteiger partial charge in [-0.05, 0) is 49.4 Å². The van der Waals surface area contributed by atoms with Crippen molar-refractivity contribution in [2.24, 2.45) is 0 Å². The molecule has 0 atom stereocenters. The molecule has 0 aliphatic carbocycles. The molecule has 0 saturated heterocycles. The van der Waals surface area contributed by atoms with E-state index in [1.165, 1.54) is 18.2 Å². The molecule has 2 aromatic rings. The molecule has 154 valence electrons. The zero-order chi connectivity index (χ0) is 20.7. The van der Waals surface area contributed by atoms with Gasteiger partial charge < -0.3 is 14.4 Å². The minimum Gasteiger partial charge on any atom is -0.493 e. The van der Waals surface area contributed by atoms with Crippen molar-refractivity contribution < 1.29 is 17.9 Å². The number of benzene rings is 2. The molecule has 2 rings (SSSR count). The van der Waals surface area contributed by atoms with Crippen LogP contribution in [-0.2, 0) is 16.4 Å². The molecule has 0 radical (unpaired) electrons. The van der Waals surface area contributed by atoms with E-state index in [0.29, 0.717) is 23.1 Å². The highest BCUT2D eigenvalue weighted by Crippen LogP contribution is 2.27. The van der Waals surface area contributed by atoms with Crippen LogP contribution in [0.25, 0.3) is 0 Å². The maximum Gasteiger partial charge on any atom is 0.240 e. The molecule has 0 aliphatic heterocycles. The Hall–Kier alpha value is -1.51. The minimum atomic E-state index is -3.63. The fraction of sp³-hybridized carbons (Fsp3) is 0.368. The van der Waals surface area contributed by atoms with Crippen LogP contribution >= 0.6 is 23.2 Å². The highest BCUT2D eigenvalue weighted by molar-refractivity contribution is 7.89. The molecule has 0 bridgehead atoms. The highest BCUT2D eigenvalue weighted by Gasteiger charge is 2.15. The third kappa shape index (κ3) is 6.25. The van der Waals surface area contributed by atoms with E-state index in [9.17, 15) is 8.42 Å². The number of hydrogen-bond acceptors (Lipinski definition) is 5. The van der Waals surface area contributed by atoms with Gasteiger partial charge in [0.05, 0.1) is 29.2 Å². The second-order valence-electron chi connectivity index (χ2n) is 6.22. The van der Waals surface area contributed by atoms with E-state index < -0.39 is 10.0 Å². The number of hydrogen-bond donors (Lipinski definition) is 1. The van der Waals surface area contributed by atoms with Crippen molar-refractivity contribution in [2.45, 2.75) is 11.3 Å². The van der Waals surface area contributed by atoms with Crippen molar-refractivity contribution in [2.75, 3.05) is 40.9 Å². The number of ether oxygens (including phenoxy) is 2. The Morgan fingerprint density at radius 2 is 1.68 bits per heavy atom. The summed E-state index contributed by atoms with van der Waals surface area (Å²) in [6, 6.07) is 10.0. The maximum atomic E-state index is 12.3. The van der Waals surface area contributed by atoms with Crippen molar-refractivity contribution in [3.8, 4) is 11.5 Å². The first-order valence-corrected chi connectivity index (χ1v) is 10.8. The zero-order valence-electron chi connectivity index (χ0n) is 16.0. The second-order valence-corrected chi connectivity index (χ2v) is 8.80. The lowest BCUT2D eigenvalue weighted by atomic mass is 10.1. The van der Waals surface area contributed by atoms with Gasteiger partial charge in [0.15, 0.2) is 11.5 Å². The predicted molar refractivity (Wildman–Crippen MR) is 112 cm³/mol. The monoisotopic (exact) mass is 446 g/mol. The van der Waals surface area contributed by atoms with Gasteiger partial charge in [-0.2, -0.15) is 0 Å². The molecule has 9 heteroatoms. The Labute approximate surface area is 176 Å². The van der Waals surface area contributed by atoms with Crippen LogP contribution in [-0.4, -0.2) is 54.2 Å².